The van der Waals surface area contributed by atoms with E-state index in [4.69, 9.17) is 4.74 Å². The number of nitrogens with zero attached hydrogens (tertiary/aromatic N) is 2. The molecule has 1 amide bonds. The minimum Gasteiger partial charge on any atom is -0.457 e. The Kier molecular flexibility index (Phi) is 7.93. The van der Waals surface area contributed by atoms with Crippen molar-refractivity contribution in [2.75, 3.05) is 20.1 Å². The fraction of sp³-hybridized carbons (Fsp3) is 0.440. The molecule has 2 aromatic carbocycles. The van der Waals surface area contributed by atoms with Crippen LogP contribution in [0.15, 0.2) is 53.5 Å². The minimum atomic E-state index is 0.0565. The first-order valence-corrected chi connectivity index (χ1v) is 11.0. The Hall–Kier alpha value is -3.02. The zero-order chi connectivity index (χ0) is 22.2. The lowest BCUT2D eigenvalue weighted by Gasteiger charge is -2.34. The van der Waals surface area contributed by atoms with Crippen LogP contribution in [0.4, 0.5) is 0 Å². The van der Waals surface area contributed by atoms with E-state index >= 15 is 0 Å². The number of hydrogen-bond acceptors (Lipinski definition) is 3. The molecule has 3 rings (SSSR count). The Morgan fingerprint density at radius 2 is 1.90 bits per heavy atom. The maximum atomic E-state index is 12.2. The van der Waals surface area contributed by atoms with Gasteiger partial charge in [-0.2, -0.15) is 0 Å². The molecule has 0 atom stereocenters. The van der Waals surface area contributed by atoms with Gasteiger partial charge in [0, 0.05) is 44.2 Å². The Morgan fingerprint density at radius 1 is 1.16 bits per heavy atom. The lowest BCUT2D eigenvalue weighted by molar-refractivity contribution is -0.135. The van der Waals surface area contributed by atoms with Gasteiger partial charge in [0.1, 0.15) is 11.5 Å². The van der Waals surface area contributed by atoms with Crippen LogP contribution in [0.1, 0.15) is 37.8 Å². The molecule has 1 aliphatic heterocycles. The molecule has 0 aromatic heterocycles. The van der Waals surface area contributed by atoms with Gasteiger partial charge in [-0.3, -0.25) is 9.79 Å². The molecule has 2 N–H and O–H groups in total. The monoisotopic (exact) mass is 422 g/mol. The number of nitrogens with one attached hydrogen (secondary N) is 2. The lowest BCUT2D eigenvalue weighted by Crippen LogP contribution is -2.50. The summed E-state index contributed by atoms with van der Waals surface area (Å²) in [5, 5.41) is 6.90. The molecule has 0 unspecified atom stereocenters. The van der Waals surface area contributed by atoms with Crippen LogP contribution in [0.2, 0.25) is 0 Å². The number of ether oxygens (including phenoxy) is 1. The van der Waals surface area contributed by atoms with Crippen LogP contribution in [-0.4, -0.2) is 42.9 Å². The average Bonchev–Trinajstić information content (AvgIpc) is 2.77. The summed E-state index contributed by atoms with van der Waals surface area (Å²) in [6.07, 6.45) is 1.85. The van der Waals surface area contributed by atoms with Crippen LogP contribution in [0, 0.1) is 12.8 Å². The molecule has 1 saturated heterocycles. The van der Waals surface area contributed by atoms with E-state index in [2.05, 4.69) is 34.7 Å². The van der Waals surface area contributed by atoms with E-state index in [1.54, 1.807) is 7.05 Å². The second-order valence-electron chi connectivity index (χ2n) is 8.35. The van der Waals surface area contributed by atoms with Gasteiger partial charge in [-0.1, -0.05) is 44.2 Å². The van der Waals surface area contributed by atoms with Gasteiger partial charge >= 0.3 is 0 Å². The number of rotatable bonds is 6. The molecule has 1 heterocycles. The number of hydrogen-bond donors (Lipinski definition) is 2. The van der Waals surface area contributed by atoms with E-state index in [-0.39, 0.29) is 11.8 Å². The summed E-state index contributed by atoms with van der Waals surface area (Å²) in [5.41, 5.74) is 2.23. The quantitative estimate of drug-likeness (QED) is 0.543. The minimum absolute atomic E-state index is 0.0565. The summed E-state index contributed by atoms with van der Waals surface area (Å²) in [6, 6.07) is 16.4. The van der Waals surface area contributed by atoms with E-state index in [9.17, 15) is 4.79 Å². The van der Waals surface area contributed by atoms with Gasteiger partial charge in [-0.05, 0) is 43.5 Å². The standard InChI is InChI=1S/C25H34N4O2/c1-18(2)24(30)29-14-12-21(13-15-29)28-25(26-4)27-17-20-9-5-6-11-23(20)31-22-10-7-8-19(3)16-22/h5-11,16,18,21H,12-15,17H2,1-4H3,(H2,26,27,28). The van der Waals surface area contributed by atoms with Gasteiger partial charge in [-0.25, -0.2) is 0 Å². The lowest BCUT2D eigenvalue weighted by atomic mass is 10.0. The van der Waals surface area contributed by atoms with Crippen molar-refractivity contribution in [3.63, 3.8) is 0 Å². The van der Waals surface area contributed by atoms with Gasteiger partial charge in [0.25, 0.3) is 0 Å². The predicted octanol–water partition coefficient (Wildman–Crippen LogP) is 4.10. The summed E-state index contributed by atoms with van der Waals surface area (Å²) in [5.74, 6) is 2.72. The molecule has 0 saturated carbocycles. The normalized spacial score (nSPS) is 15.1. The molecular formula is C25H34N4O2. The average molecular weight is 423 g/mol. The molecule has 0 aliphatic carbocycles. The van der Waals surface area contributed by atoms with E-state index < -0.39 is 0 Å². The van der Waals surface area contributed by atoms with Crippen molar-refractivity contribution in [2.24, 2.45) is 10.9 Å². The maximum absolute atomic E-state index is 12.2. The maximum Gasteiger partial charge on any atom is 0.225 e. The van der Waals surface area contributed by atoms with Crippen LogP contribution < -0.4 is 15.4 Å². The Balaban J connectivity index is 1.54. The smallest absolute Gasteiger partial charge is 0.225 e. The second-order valence-corrected chi connectivity index (χ2v) is 8.35. The molecule has 1 fully saturated rings. The van der Waals surface area contributed by atoms with Gasteiger partial charge < -0.3 is 20.3 Å². The number of carbonyl (C=O) groups is 1. The van der Waals surface area contributed by atoms with Crippen LogP contribution in [0.3, 0.4) is 0 Å². The SMILES string of the molecule is CN=C(NCc1ccccc1Oc1cccc(C)c1)NC1CCN(C(=O)C(C)C)CC1. The fourth-order valence-electron chi connectivity index (χ4n) is 3.73. The summed E-state index contributed by atoms with van der Waals surface area (Å²) in [6.45, 7) is 8.15. The Bertz CT molecular complexity index is 902. The van der Waals surface area contributed by atoms with Crippen LogP contribution in [-0.2, 0) is 11.3 Å². The Labute approximate surface area is 185 Å². The van der Waals surface area contributed by atoms with Crippen molar-refractivity contribution in [1.82, 2.24) is 15.5 Å². The van der Waals surface area contributed by atoms with E-state index in [0.717, 1.165) is 49.0 Å². The van der Waals surface area contributed by atoms with Gasteiger partial charge in [0.2, 0.25) is 5.91 Å². The van der Waals surface area contributed by atoms with Crippen molar-refractivity contribution >= 4 is 11.9 Å². The molecule has 6 heteroatoms. The molecule has 0 bridgehead atoms. The third-order valence-electron chi connectivity index (χ3n) is 5.50. The third kappa shape index (κ3) is 6.48. The number of aliphatic imine (C=N–C) groups is 1. The van der Waals surface area contributed by atoms with E-state index in [1.165, 1.54) is 5.56 Å². The molecule has 0 radical (unpaired) electrons. The number of amides is 1. The zero-order valence-electron chi connectivity index (χ0n) is 19.0. The summed E-state index contributed by atoms with van der Waals surface area (Å²) in [4.78, 5) is 18.5. The van der Waals surface area contributed by atoms with Crippen LogP contribution in [0.5, 0.6) is 11.5 Å². The summed E-state index contributed by atoms with van der Waals surface area (Å²) in [7, 11) is 1.78. The number of piperidine rings is 1. The van der Waals surface area contributed by atoms with Gasteiger partial charge in [-0.15, -0.1) is 0 Å². The largest absolute Gasteiger partial charge is 0.457 e. The second kappa shape index (κ2) is 10.8. The number of carbonyl (C=O) groups excluding carboxylic acids is 1. The Morgan fingerprint density at radius 3 is 2.58 bits per heavy atom. The molecule has 31 heavy (non-hydrogen) atoms. The van der Waals surface area contributed by atoms with E-state index in [1.807, 2.05) is 55.1 Å². The predicted molar refractivity (Wildman–Crippen MR) is 125 cm³/mol. The van der Waals surface area contributed by atoms with E-state index in [0.29, 0.717) is 12.6 Å². The first kappa shape index (κ1) is 22.7. The molecule has 1 aliphatic rings. The topological polar surface area (TPSA) is 66.0 Å². The number of likely N-dealkylation sites (tertiary alicyclic amines) is 1. The van der Waals surface area contributed by atoms with Crippen molar-refractivity contribution in [1.29, 1.82) is 0 Å². The zero-order valence-corrected chi connectivity index (χ0v) is 19.0. The molecule has 166 valence electrons. The fourth-order valence-corrected chi connectivity index (χ4v) is 3.73. The number of aryl methyl sites for hydroxylation is 1. The molecule has 0 spiro atoms. The first-order chi connectivity index (χ1) is 15.0. The highest BCUT2D eigenvalue weighted by Gasteiger charge is 2.24. The number of benzene rings is 2. The van der Waals surface area contributed by atoms with Crippen molar-refractivity contribution in [2.45, 2.75) is 46.2 Å². The summed E-state index contributed by atoms with van der Waals surface area (Å²) >= 11 is 0. The highest BCUT2D eigenvalue weighted by Crippen LogP contribution is 2.25. The highest BCUT2D eigenvalue weighted by molar-refractivity contribution is 5.80. The molecular weight excluding hydrogens is 388 g/mol. The molecule has 2 aromatic rings. The first-order valence-electron chi connectivity index (χ1n) is 11.0. The van der Waals surface area contributed by atoms with Crippen LogP contribution in [0.25, 0.3) is 0 Å². The number of para-hydroxylation sites is 1. The highest BCUT2D eigenvalue weighted by atomic mass is 16.5. The third-order valence-corrected chi connectivity index (χ3v) is 5.50. The summed E-state index contributed by atoms with van der Waals surface area (Å²) < 4.78 is 6.12. The van der Waals surface area contributed by atoms with Gasteiger partial charge in [0.15, 0.2) is 5.96 Å². The van der Waals surface area contributed by atoms with Crippen molar-refractivity contribution < 1.29 is 9.53 Å². The van der Waals surface area contributed by atoms with Crippen molar-refractivity contribution in [3.05, 3.63) is 59.7 Å². The van der Waals surface area contributed by atoms with Crippen molar-refractivity contribution in [3.8, 4) is 11.5 Å². The number of guanidine groups is 1. The van der Waals surface area contributed by atoms with Gasteiger partial charge in [0.05, 0.1) is 0 Å². The van der Waals surface area contributed by atoms with Crippen LogP contribution >= 0.6 is 0 Å². The molecule has 6 nitrogen and oxygen atoms in total.